The van der Waals surface area contributed by atoms with E-state index >= 15 is 0 Å². The number of ether oxygens (including phenoxy) is 2. The van der Waals surface area contributed by atoms with Gasteiger partial charge in [-0.15, -0.1) is 0 Å². The second kappa shape index (κ2) is 8.10. The van der Waals surface area contributed by atoms with Crippen LogP contribution in [0, 0.1) is 0 Å². The molecule has 0 bridgehead atoms. The van der Waals surface area contributed by atoms with Crippen LogP contribution < -0.4 is 9.47 Å². The Bertz CT molecular complexity index is 832. The van der Waals surface area contributed by atoms with E-state index in [1.165, 1.54) is 0 Å². The van der Waals surface area contributed by atoms with Gasteiger partial charge in [0.2, 0.25) is 10.0 Å². The Morgan fingerprint density at radius 2 is 1.62 bits per heavy atom. The molecule has 0 atom stereocenters. The first-order valence-electron chi connectivity index (χ1n) is 9.01. The highest BCUT2D eigenvalue weighted by Crippen LogP contribution is 2.36. The van der Waals surface area contributed by atoms with Crippen molar-refractivity contribution in [2.24, 2.45) is 0 Å². The summed E-state index contributed by atoms with van der Waals surface area (Å²) in [5, 5.41) is 0. The van der Waals surface area contributed by atoms with Crippen molar-refractivity contribution in [1.29, 1.82) is 0 Å². The predicted molar refractivity (Wildman–Crippen MR) is 101 cm³/mol. The lowest BCUT2D eigenvalue weighted by atomic mass is 10.2. The summed E-state index contributed by atoms with van der Waals surface area (Å²) in [4.78, 5) is 0.243. The summed E-state index contributed by atoms with van der Waals surface area (Å²) in [7, 11) is -3.61. The molecule has 140 valence electrons. The number of rotatable bonds is 9. The predicted octanol–water partition coefficient (Wildman–Crippen LogP) is 3.84. The second-order valence-electron chi connectivity index (χ2n) is 6.24. The lowest BCUT2D eigenvalue weighted by molar-refractivity contribution is 0.287. The molecule has 0 heterocycles. The molecule has 0 amide bonds. The fourth-order valence-corrected chi connectivity index (χ4v) is 4.55. The summed E-state index contributed by atoms with van der Waals surface area (Å²) in [5.41, 5.74) is 0.985. The van der Waals surface area contributed by atoms with Gasteiger partial charge >= 0.3 is 0 Å². The van der Waals surface area contributed by atoms with Crippen LogP contribution in [0.4, 0.5) is 0 Å². The standard InChI is InChI=1S/C20H25NO4S/c1-3-24-19-13-12-18(14-20(19)25-4-2)26(22,23)21(17-10-11-17)15-16-8-6-5-7-9-16/h5-9,12-14,17H,3-4,10-11,15H2,1-2H3. The lowest BCUT2D eigenvalue weighted by Gasteiger charge is -2.23. The highest BCUT2D eigenvalue weighted by atomic mass is 32.2. The summed E-state index contributed by atoms with van der Waals surface area (Å²) < 4.78 is 39.3. The van der Waals surface area contributed by atoms with Gasteiger partial charge < -0.3 is 9.47 Å². The first kappa shape index (κ1) is 18.7. The van der Waals surface area contributed by atoms with Crippen molar-refractivity contribution in [1.82, 2.24) is 4.31 Å². The monoisotopic (exact) mass is 375 g/mol. The van der Waals surface area contributed by atoms with E-state index in [-0.39, 0.29) is 10.9 Å². The molecule has 1 aliphatic carbocycles. The fourth-order valence-electron chi connectivity index (χ4n) is 2.86. The third-order valence-electron chi connectivity index (χ3n) is 4.26. The van der Waals surface area contributed by atoms with Crippen molar-refractivity contribution in [3.05, 3.63) is 54.1 Å². The van der Waals surface area contributed by atoms with Crippen molar-refractivity contribution in [3.8, 4) is 11.5 Å². The van der Waals surface area contributed by atoms with Crippen molar-refractivity contribution >= 4 is 10.0 Å². The smallest absolute Gasteiger partial charge is 0.243 e. The molecular weight excluding hydrogens is 350 g/mol. The maximum atomic E-state index is 13.3. The van der Waals surface area contributed by atoms with E-state index in [9.17, 15) is 8.42 Å². The van der Waals surface area contributed by atoms with Crippen molar-refractivity contribution in [2.45, 2.75) is 44.2 Å². The average molecular weight is 375 g/mol. The number of hydrogen-bond acceptors (Lipinski definition) is 4. The Hall–Kier alpha value is -2.05. The molecule has 2 aromatic rings. The Morgan fingerprint density at radius 3 is 2.23 bits per heavy atom. The molecule has 2 aromatic carbocycles. The van der Waals surface area contributed by atoms with E-state index in [1.54, 1.807) is 22.5 Å². The average Bonchev–Trinajstić information content (AvgIpc) is 3.47. The van der Waals surface area contributed by atoms with E-state index in [1.807, 2.05) is 44.2 Å². The maximum absolute atomic E-state index is 13.3. The maximum Gasteiger partial charge on any atom is 0.243 e. The zero-order valence-corrected chi connectivity index (χ0v) is 16.0. The molecule has 6 heteroatoms. The Balaban J connectivity index is 1.93. The number of sulfonamides is 1. The number of nitrogens with zero attached hydrogens (tertiary/aromatic N) is 1. The first-order chi connectivity index (χ1) is 12.6. The van der Waals surface area contributed by atoms with Gasteiger partial charge in [0.1, 0.15) is 0 Å². The minimum absolute atomic E-state index is 0.0716. The molecule has 0 aromatic heterocycles. The molecule has 0 saturated heterocycles. The van der Waals surface area contributed by atoms with Gasteiger partial charge in [-0.1, -0.05) is 30.3 Å². The normalized spacial score (nSPS) is 14.4. The topological polar surface area (TPSA) is 55.8 Å². The molecule has 1 aliphatic rings. The molecule has 0 aliphatic heterocycles. The largest absolute Gasteiger partial charge is 0.490 e. The van der Waals surface area contributed by atoms with Crippen LogP contribution in [0.5, 0.6) is 11.5 Å². The Kier molecular flexibility index (Phi) is 5.84. The number of hydrogen-bond donors (Lipinski definition) is 0. The third-order valence-corrected chi connectivity index (χ3v) is 6.15. The zero-order valence-electron chi connectivity index (χ0n) is 15.2. The van der Waals surface area contributed by atoms with Crippen LogP contribution in [-0.4, -0.2) is 32.0 Å². The van der Waals surface area contributed by atoms with Crippen LogP contribution in [0.2, 0.25) is 0 Å². The second-order valence-corrected chi connectivity index (χ2v) is 8.13. The van der Waals surface area contributed by atoms with Crippen LogP contribution in [0.15, 0.2) is 53.4 Å². The minimum Gasteiger partial charge on any atom is -0.490 e. The van der Waals surface area contributed by atoms with E-state index in [4.69, 9.17) is 9.47 Å². The quantitative estimate of drug-likeness (QED) is 0.668. The van der Waals surface area contributed by atoms with Crippen LogP contribution in [0.3, 0.4) is 0 Å². The van der Waals surface area contributed by atoms with E-state index in [0.29, 0.717) is 31.3 Å². The zero-order chi connectivity index (χ0) is 18.6. The molecule has 1 fully saturated rings. The van der Waals surface area contributed by atoms with Gasteiger partial charge in [-0.25, -0.2) is 8.42 Å². The van der Waals surface area contributed by atoms with Gasteiger partial charge in [-0.3, -0.25) is 0 Å². The van der Waals surface area contributed by atoms with E-state index in [2.05, 4.69) is 0 Å². The van der Waals surface area contributed by atoms with Crippen LogP contribution in [0.25, 0.3) is 0 Å². The van der Waals surface area contributed by atoms with Crippen molar-refractivity contribution in [2.75, 3.05) is 13.2 Å². The summed E-state index contributed by atoms with van der Waals surface area (Å²) in [6.45, 7) is 5.07. The van der Waals surface area contributed by atoms with E-state index in [0.717, 1.165) is 18.4 Å². The van der Waals surface area contributed by atoms with Crippen LogP contribution in [0.1, 0.15) is 32.3 Å². The van der Waals surface area contributed by atoms with Crippen LogP contribution >= 0.6 is 0 Å². The molecule has 0 unspecified atom stereocenters. The van der Waals surface area contributed by atoms with Gasteiger partial charge in [0.05, 0.1) is 18.1 Å². The summed E-state index contributed by atoms with van der Waals surface area (Å²) in [6, 6.07) is 14.6. The van der Waals surface area contributed by atoms with Gasteiger partial charge in [-0.05, 0) is 44.4 Å². The molecule has 5 nitrogen and oxygen atoms in total. The third kappa shape index (κ3) is 4.19. The summed E-state index contributed by atoms with van der Waals surface area (Å²) in [5.74, 6) is 1.03. The van der Waals surface area contributed by atoms with Crippen LogP contribution in [-0.2, 0) is 16.6 Å². The molecule has 26 heavy (non-hydrogen) atoms. The minimum atomic E-state index is -3.61. The highest BCUT2D eigenvalue weighted by molar-refractivity contribution is 7.89. The van der Waals surface area contributed by atoms with Gasteiger partial charge in [0.15, 0.2) is 11.5 Å². The van der Waals surface area contributed by atoms with Gasteiger partial charge in [0.25, 0.3) is 0 Å². The van der Waals surface area contributed by atoms with Crippen molar-refractivity contribution < 1.29 is 17.9 Å². The van der Waals surface area contributed by atoms with Crippen molar-refractivity contribution in [3.63, 3.8) is 0 Å². The highest BCUT2D eigenvalue weighted by Gasteiger charge is 2.38. The Labute approximate surface area is 155 Å². The molecule has 0 N–H and O–H groups in total. The lowest BCUT2D eigenvalue weighted by Crippen LogP contribution is -2.32. The summed E-state index contributed by atoms with van der Waals surface area (Å²) in [6.07, 6.45) is 1.81. The molecule has 3 rings (SSSR count). The first-order valence-corrected chi connectivity index (χ1v) is 10.5. The molecular formula is C20H25NO4S. The van der Waals surface area contributed by atoms with Gasteiger partial charge in [0, 0.05) is 18.7 Å². The molecule has 1 saturated carbocycles. The fraction of sp³-hybridized carbons (Fsp3) is 0.400. The summed E-state index contributed by atoms with van der Waals surface area (Å²) >= 11 is 0. The van der Waals surface area contributed by atoms with Gasteiger partial charge in [-0.2, -0.15) is 4.31 Å². The molecule has 0 radical (unpaired) electrons. The molecule has 0 spiro atoms. The Morgan fingerprint density at radius 1 is 0.962 bits per heavy atom. The SMILES string of the molecule is CCOc1ccc(S(=O)(=O)N(Cc2ccccc2)C2CC2)cc1OCC. The van der Waals surface area contributed by atoms with E-state index < -0.39 is 10.0 Å². The number of benzene rings is 2.